The summed E-state index contributed by atoms with van der Waals surface area (Å²) in [4.78, 5) is 22.1. The van der Waals surface area contributed by atoms with Gasteiger partial charge in [-0.1, -0.05) is 18.3 Å². The summed E-state index contributed by atoms with van der Waals surface area (Å²) in [5, 5.41) is 11.5. The van der Waals surface area contributed by atoms with Crippen LogP contribution in [-0.2, 0) is 20.7 Å². The number of nitrogens with zero attached hydrogens (tertiary/aromatic N) is 2. The fraction of sp³-hybridized carbons (Fsp3) is 0.400. The van der Waals surface area contributed by atoms with Crippen molar-refractivity contribution in [2.45, 2.75) is 19.8 Å². The van der Waals surface area contributed by atoms with Crippen LogP contribution < -0.4 is 5.32 Å². The summed E-state index contributed by atoms with van der Waals surface area (Å²) >= 11 is 1.32. The highest BCUT2D eigenvalue weighted by atomic mass is 32.1. The number of hydrogen-bond donors (Lipinski definition) is 1. The Morgan fingerprint density at radius 1 is 1.41 bits per heavy atom. The Morgan fingerprint density at radius 2 is 2.18 bits per heavy atom. The van der Waals surface area contributed by atoms with Crippen LogP contribution in [0.1, 0.15) is 18.4 Å². The van der Waals surface area contributed by atoms with Crippen LogP contribution in [0, 0.1) is 0 Å². The van der Waals surface area contributed by atoms with E-state index >= 15 is 0 Å². The minimum Gasteiger partial charge on any atom is -0.466 e. The van der Waals surface area contributed by atoms with Crippen LogP contribution >= 0.6 is 11.3 Å². The van der Waals surface area contributed by atoms with Crippen LogP contribution in [-0.4, -0.2) is 29.2 Å². The van der Waals surface area contributed by atoms with Gasteiger partial charge in [-0.25, -0.2) is 4.79 Å². The topological polar surface area (TPSA) is 81.2 Å². The smallest absolute Gasteiger partial charge is 0.330 e. The minimum absolute atomic E-state index is 0.424. The molecule has 1 rings (SSSR count). The third-order valence-corrected chi connectivity index (χ3v) is 2.63. The molecule has 0 spiro atoms. The summed E-state index contributed by atoms with van der Waals surface area (Å²) in [7, 11) is 1.24. The van der Waals surface area contributed by atoms with Gasteiger partial charge in [0.1, 0.15) is 5.01 Å². The molecule has 0 bridgehead atoms. The zero-order valence-corrected chi connectivity index (χ0v) is 10.4. The molecule has 0 aliphatic rings. The molecule has 0 aliphatic carbocycles. The van der Waals surface area contributed by atoms with Crippen LogP contribution in [0.4, 0.5) is 5.13 Å². The maximum absolute atomic E-state index is 11.3. The van der Waals surface area contributed by atoms with Crippen molar-refractivity contribution in [2.75, 3.05) is 12.4 Å². The van der Waals surface area contributed by atoms with Gasteiger partial charge < -0.3 is 4.74 Å². The Kier molecular flexibility index (Phi) is 5.28. The second kappa shape index (κ2) is 6.74. The third-order valence-electron chi connectivity index (χ3n) is 1.73. The molecule has 7 heteroatoms. The van der Waals surface area contributed by atoms with Crippen molar-refractivity contribution < 1.29 is 14.3 Å². The highest BCUT2D eigenvalue weighted by Gasteiger charge is 2.05. The molecule has 1 amide bonds. The molecular weight excluding hydrogens is 242 g/mol. The zero-order valence-electron chi connectivity index (χ0n) is 9.60. The second-order valence-corrected chi connectivity index (χ2v) is 4.16. The van der Waals surface area contributed by atoms with Crippen LogP contribution in [0.2, 0.25) is 0 Å². The van der Waals surface area contributed by atoms with Gasteiger partial charge in [-0.2, -0.15) is 0 Å². The van der Waals surface area contributed by atoms with Gasteiger partial charge in [0.25, 0.3) is 0 Å². The van der Waals surface area contributed by atoms with E-state index in [4.69, 9.17) is 0 Å². The first-order valence-corrected chi connectivity index (χ1v) is 5.86. The number of ether oxygens (including phenoxy) is 1. The lowest BCUT2D eigenvalue weighted by molar-refractivity contribution is -0.135. The monoisotopic (exact) mass is 255 g/mol. The number of esters is 1. The molecule has 92 valence electrons. The predicted molar refractivity (Wildman–Crippen MR) is 63.7 cm³/mol. The highest BCUT2D eigenvalue weighted by Crippen LogP contribution is 2.16. The molecule has 1 heterocycles. The molecule has 0 unspecified atom stereocenters. The first kappa shape index (κ1) is 13.3. The normalized spacial score (nSPS) is 10.5. The lowest BCUT2D eigenvalue weighted by Crippen LogP contribution is -2.08. The van der Waals surface area contributed by atoms with Crippen molar-refractivity contribution in [1.29, 1.82) is 0 Å². The van der Waals surface area contributed by atoms with E-state index in [1.54, 1.807) is 0 Å². The van der Waals surface area contributed by atoms with E-state index in [1.807, 2.05) is 6.92 Å². The van der Waals surface area contributed by atoms with Gasteiger partial charge >= 0.3 is 5.97 Å². The van der Waals surface area contributed by atoms with E-state index in [-0.39, 0.29) is 0 Å². The SMILES string of the molecule is CCCc1nnc(NC(=O)/C=C\C(=O)OC)s1. The molecule has 0 saturated heterocycles. The summed E-state index contributed by atoms with van der Waals surface area (Å²) in [5.74, 6) is -1.02. The molecule has 0 saturated carbocycles. The van der Waals surface area contributed by atoms with Gasteiger partial charge in [0, 0.05) is 18.6 Å². The molecule has 1 N–H and O–H groups in total. The first-order valence-electron chi connectivity index (χ1n) is 5.05. The average molecular weight is 255 g/mol. The summed E-state index contributed by atoms with van der Waals surface area (Å²) in [5.41, 5.74) is 0. The molecule has 0 atom stereocenters. The number of rotatable bonds is 5. The van der Waals surface area contributed by atoms with Gasteiger partial charge in [0.05, 0.1) is 7.11 Å². The fourth-order valence-corrected chi connectivity index (χ4v) is 1.82. The van der Waals surface area contributed by atoms with Crippen molar-refractivity contribution in [3.05, 3.63) is 17.2 Å². The Labute approximate surface area is 103 Å². The lowest BCUT2D eigenvalue weighted by Gasteiger charge is -1.94. The number of carbonyl (C=O) groups is 2. The number of aromatic nitrogens is 2. The lowest BCUT2D eigenvalue weighted by atomic mass is 10.4. The van der Waals surface area contributed by atoms with E-state index in [9.17, 15) is 9.59 Å². The number of amides is 1. The van der Waals surface area contributed by atoms with E-state index < -0.39 is 11.9 Å². The maximum atomic E-state index is 11.3. The molecule has 17 heavy (non-hydrogen) atoms. The summed E-state index contributed by atoms with van der Waals surface area (Å²) in [6, 6.07) is 0. The average Bonchev–Trinajstić information content (AvgIpc) is 2.74. The number of nitrogens with one attached hydrogen (secondary N) is 1. The van der Waals surface area contributed by atoms with E-state index in [1.165, 1.54) is 18.4 Å². The van der Waals surface area contributed by atoms with Crippen LogP contribution in [0.5, 0.6) is 0 Å². The van der Waals surface area contributed by atoms with Crippen LogP contribution in [0.3, 0.4) is 0 Å². The van der Waals surface area contributed by atoms with Crippen molar-refractivity contribution in [1.82, 2.24) is 10.2 Å². The molecule has 0 aliphatic heterocycles. The van der Waals surface area contributed by atoms with E-state index in [0.29, 0.717) is 5.13 Å². The van der Waals surface area contributed by atoms with Crippen molar-refractivity contribution in [2.24, 2.45) is 0 Å². The van der Waals surface area contributed by atoms with E-state index in [2.05, 4.69) is 20.3 Å². The number of hydrogen-bond acceptors (Lipinski definition) is 6. The van der Waals surface area contributed by atoms with E-state index in [0.717, 1.165) is 30.0 Å². The van der Waals surface area contributed by atoms with Crippen molar-refractivity contribution >= 4 is 28.3 Å². The molecule has 0 fully saturated rings. The fourth-order valence-electron chi connectivity index (χ4n) is 0.978. The molecule has 0 radical (unpaired) electrons. The van der Waals surface area contributed by atoms with Crippen LogP contribution in [0.25, 0.3) is 0 Å². The predicted octanol–water partition coefficient (Wildman–Crippen LogP) is 1.16. The van der Waals surface area contributed by atoms with Crippen LogP contribution in [0.15, 0.2) is 12.2 Å². The van der Waals surface area contributed by atoms with Gasteiger partial charge in [-0.15, -0.1) is 10.2 Å². The van der Waals surface area contributed by atoms with Gasteiger partial charge in [-0.05, 0) is 6.42 Å². The van der Waals surface area contributed by atoms with Gasteiger partial charge in [-0.3, -0.25) is 10.1 Å². The first-order chi connectivity index (χ1) is 8.15. The molecule has 1 aromatic heterocycles. The number of aryl methyl sites for hydroxylation is 1. The Hall–Kier alpha value is -1.76. The Balaban J connectivity index is 2.50. The summed E-state index contributed by atoms with van der Waals surface area (Å²) in [6.07, 6.45) is 3.95. The molecule has 1 aromatic rings. The number of methoxy groups -OCH3 is 1. The quantitative estimate of drug-likeness (QED) is 0.630. The van der Waals surface area contributed by atoms with Gasteiger partial charge in [0.2, 0.25) is 11.0 Å². The number of carbonyl (C=O) groups excluding carboxylic acids is 2. The van der Waals surface area contributed by atoms with Gasteiger partial charge in [0.15, 0.2) is 0 Å². The summed E-state index contributed by atoms with van der Waals surface area (Å²) < 4.78 is 4.36. The Morgan fingerprint density at radius 3 is 2.82 bits per heavy atom. The maximum Gasteiger partial charge on any atom is 0.330 e. The molecule has 6 nitrogen and oxygen atoms in total. The largest absolute Gasteiger partial charge is 0.466 e. The minimum atomic E-state index is -0.580. The zero-order chi connectivity index (χ0) is 12.7. The molecular formula is C10H13N3O3S. The van der Waals surface area contributed by atoms with Crippen molar-refractivity contribution in [3.63, 3.8) is 0 Å². The number of anilines is 1. The molecule has 0 aromatic carbocycles. The summed E-state index contributed by atoms with van der Waals surface area (Å²) in [6.45, 7) is 2.04. The highest BCUT2D eigenvalue weighted by molar-refractivity contribution is 7.15. The standard InChI is InChI=1S/C10H13N3O3S/c1-3-4-8-12-13-10(17-8)11-7(14)5-6-9(15)16-2/h5-6H,3-4H2,1-2H3,(H,11,13,14)/b6-5-. The second-order valence-electron chi connectivity index (χ2n) is 3.10. The third kappa shape index (κ3) is 4.73. The van der Waals surface area contributed by atoms with Crippen molar-refractivity contribution in [3.8, 4) is 0 Å². The Bertz CT molecular complexity index is 428.